The molecular formula is C18H24N2O5. The molecule has 136 valence electrons. The first kappa shape index (κ1) is 17.5. The Bertz CT molecular complexity index is 634. The van der Waals surface area contributed by atoms with Gasteiger partial charge in [0.05, 0.1) is 5.92 Å². The second kappa shape index (κ2) is 8.20. The predicted molar refractivity (Wildman–Crippen MR) is 90.0 cm³/mol. The summed E-state index contributed by atoms with van der Waals surface area (Å²) in [7, 11) is 0. The van der Waals surface area contributed by atoms with Crippen molar-refractivity contribution in [2.24, 2.45) is 5.92 Å². The van der Waals surface area contributed by atoms with E-state index in [9.17, 15) is 9.59 Å². The first-order chi connectivity index (χ1) is 12.2. The maximum absolute atomic E-state index is 12.2. The van der Waals surface area contributed by atoms with E-state index in [1.54, 1.807) is 4.90 Å². The summed E-state index contributed by atoms with van der Waals surface area (Å²) in [5.41, 5.74) is 0.961. The Hall–Kier alpha value is -2.28. The second-order valence-electron chi connectivity index (χ2n) is 6.44. The van der Waals surface area contributed by atoms with Gasteiger partial charge in [-0.2, -0.15) is 0 Å². The van der Waals surface area contributed by atoms with Crippen molar-refractivity contribution in [3.05, 3.63) is 23.8 Å². The minimum absolute atomic E-state index is 0.00176. The highest BCUT2D eigenvalue weighted by Crippen LogP contribution is 2.33. The van der Waals surface area contributed by atoms with E-state index in [-0.39, 0.29) is 37.6 Å². The molecule has 2 aliphatic rings. The lowest BCUT2D eigenvalue weighted by atomic mass is 10.1. The Morgan fingerprint density at radius 1 is 1.24 bits per heavy atom. The van der Waals surface area contributed by atoms with Gasteiger partial charge in [-0.05, 0) is 37.0 Å². The summed E-state index contributed by atoms with van der Waals surface area (Å²) in [6.45, 7) is 1.90. The molecule has 1 saturated heterocycles. The number of unbranched alkanes of at least 4 members (excludes halogenated alkanes) is 2. The summed E-state index contributed by atoms with van der Waals surface area (Å²) in [5, 5.41) is 11.6. The second-order valence-corrected chi connectivity index (χ2v) is 6.44. The number of hydrogen-bond donors (Lipinski definition) is 2. The number of aliphatic hydroxyl groups is 1. The Kier molecular flexibility index (Phi) is 5.75. The van der Waals surface area contributed by atoms with Crippen LogP contribution in [0.25, 0.3) is 0 Å². The van der Waals surface area contributed by atoms with Crippen LogP contribution in [0.4, 0.5) is 0 Å². The van der Waals surface area contributed by atoms with Crippen LogP contribution in [0.5, 0.6) is 11.5 Å². The number of nitrogens with zero attached hydrogens (tertiary/aromatic N) is 1. The molecule has 0 aliphatic carbocycles. The van der Waals surface area contributed by atoms with Gasteiger partial charge in [-0.15, -0.1) is 0 Å². The van der Waals surface area contributed by atoms with Gasteiger partial charge in [-0.1, -0.05) is 6.07 Å². The fourth-order valence-corrected chi connectivity index (χ4v) is 3.13. The lowest BCUT2D eigenvalue weighted by Crippen LogP contribution is -2.33. The molecule has 1 unspecified atom stereocenters. The first-order valence-electron chi connectivity index (χ1n) is 8.72. The van der Waals surface area contributed by atoms with Crippen LogP contribution in [0.15, 0.2) is 18.2 Å². The number of benzene rings is 1. The topological polar surface area (TPSA) is 88.1 Å². The predicted octanol–water partition coefficient (Wildman–Crippen LogP) is 1.04. The highest BCUT2D eigenvalue weighted by molar-refractivity contribution is 5.89. The van der Waals surface area contributed by atoms with E-state index in [4.69, 9.17) is 14.6 Å². The van der Waals surface area contributed by atoms with Crippen molar-refractivity contribution in [2.45, 2.75) is 32.2 Å². The number of aliphatic hydroxyl groups excluding tert-OH is 1. The highest BCUT2D eigenvalue weighted by atomic mass is 16.7. The summed E-state index contributed by atoms with van der Waals surface area (Å²) in [6, 6.07) is 5.63. The van der Waals surface area contributed by atoms with E-state index < -0.39 is 0 Å². The van der Waals surface area contributed by atoms with Gasteiger partial charge in [0.15, 0.2) is 11.5 Å². The number of carbonyl (C=O) groups excluding carboxylic acids is 2. The molecule has 2 amide bonds. The Morgan fingerprint density at radius 2 is 2.08 bits per heavy atom. The minimum Gasteiger partial charge on any atom is -0.454 e. The van der Waals surface area contributed by atoms with Crippen molar-refractivity contribution >= 4 is 11.8 Å². The summed E-state index contributed by atoms with van der Waals surface area (Å²) < 4.78 is 10.6. The van der Waals surface area contributed by atoms with E-state index >= 15 is 0 Å². The zero-order chi connectivity index (χ0) is 17.6. The van der Waals surface area contributed by atoms with Crippen LogP contribution < -0.4 is 14.8 Å². The van der Waals surface area contributed by atoms with Gasteiger partial charge in [0.2, 0.25) is 18.6 Å². The van der Waals surface area contributed by atoms with Crippen LogP contribution in [-0.2, 0) is 16.1 Å². The Balaban J connectivity index is 1.48. The van der Waals surface area contributed by atoms with Crippen molar-refractivity contribution in [3.8, 4) is 11.5 Å². The molecule has 7 heteroatoms. The molecule has 0 radical (unpaired) electrons. The molecule has 2 heterocycles. The molecule has 0 aromatic heterocycles. The zero-order valence-electron chi connectivity index (χ0n) is 14.2. The van der Waals surface area contributed by atoms with Gasteiger partial charge in [-0.3, -0.25) is 9.59 Å². The maximum atomic E-state index is 12.2. The van der Waals surface area contributed by atoms with Gasteiger partial charge in [0.1, 0.15) is 0 Å². The molecule has 1 aromatic rings. The van der Waals surface area contributed by atoms with E-state index in [0.29, 0.717) is 25.4 Å². The molecular weight excluding hydrogens is 324 g/mol. The lowest BCUT2D eigenvalue weighted by Gasteiger charge is -2.17. The highest BCUT2D eigenvalue weighted by Gasteiger charge is 2.34. The van der Waals surface area contributed by atoms with Crippen molar-refractivity contribution in [1.29, 1.82) is 0 Å². The largest absolute Gasteiger partial charge is 0.454 e. The van der Waals surface area contributed by atoms with E-state index in [0.717, 1.165) is 30.6 Å². The first-order valence-corrected chi connectivity index (χ1v) is 8.72. The van der Waals surface area contributed by atoms with Crippen LogP contribution in [0.3, 0.4) is 0 Å². The standard InChI is InChI=1S/C18H24N2O5/c21-7-3-1-2-6-19-18(23)14-9-17(22)20(11-14)10-13-4-5-15-16(8-13)25-12-24-15/h4-5,8,14,21H,1-3,6-7,9-12H2,(H,19,23). The Morgan fingerprint density at radius 3 is 2.92 bits per heavy atom. The number of hydrogen-bond acceptors (Lipinski definition) is 5. The van der Waals surface area contributed by atoms with Crippen LogP contribution in [0.2, 0.25) is 0 Å². The third-order valence-electron chi connectivity index (χ3n) is 4.53. The summed E-state index contributed by atoms with van der Waals surface area (Å²) >= 11 is 0. The van der Waals surface area contributed by atoms with Gasteiger partial charge in [0.25, 0.3) is 0 Å². The summed E-state index contributed by atoms with van der Waals surface area (Å²) in [4.78, 5) is 26.1. The number of ether oxygens (including phenoxy) is 2. The smallest absolute Gasteiger partial charge is 0.231 e. The average molecular weight is 348 g/mol. The van der Waals surface area contributed by atoms with Crippen LogP contribution in [-0.4, -0.2) is 48.3 Å². The molecule has 2 N–H and O–H groups in total. The molecule has 0 spiro atoms. The number of nitrogens with one attached hydrogen (secondary N) is 1. The molecule has 1 atom stereocenters. The number of rotatable bonds is 8. The van der Waals surface area contributed by atoms with Gasteiger partial charge in [0, 0.05) is 32.7 Å². The zero-order valence-corrected chi connectivity index (χ0v) is 14.2. The molecule has 7 nitrogen and oxygen atoms in total. The summed E-state index contributed by atoms with van der Waals surface area (Å²) in [6.07, 6.45) is 2.73. The lowest BCUT2D eigenvalue weighted by molar-refractivity contribution is -0.129. The quantitative estimate of drug-likeness (QED) is 0.686. The van der Waals surface area contributed by atoms with E-state index in [1.165, 1.54) is 0 Å². The molecule has 1 aromatic carbocycles. The van der Waals surface area contributed by atoms with Gasteiger partial charge < -0.3 is 24.8 Å². The monoisotopic (exact) mass is 348 g/mol. The number of carbonyl (C=O) groups is 2. The molecule has 3 rings (SSSR count). The fraction of sp³-hybridized carbons (Fsp3) is 0.556. The molecule has 0 saturated carbocycles. The van der Waals surface area contributed by atoms with Gasteiger partial charge >= 0.3 is 0 Å². The van der Waals surface area contributed by atoms with Crippen molar-refractivity contribution < 1.29 is 24.2 Å². The maximum Gasteiger partial charge on any atom is 0.231 e. The molecule has 1 fully saturated rings. The van der Waals surface area contributed by atoms with Crippen molar-refractivity contribution in [2.75, 3.05) is 26.5 Å². The SMILES string of the molecule is O=C(NCCCCCO)C1CC(=O)N(Cc2ccc3c(c2)OCO3)C1. The minimum atomic E-state index is -0.292. The van der Waals surface area contributed by atoms with Crippen LogP contribution in [0.1, 0.15) is 31.2 Å². The molecule has 2 aliphatic heterocycles. The number of amides is 2. The van der Waals surface area contributed by atoms with E-state index in [1.807, 2.05) is 18.2 Å². The average Bonchev–Trinajstić information content (AvgIpc) is 3.21. The number of fused-ring (bicyclic) bond motifs is 1. The van der Waals surface area contributed by atoms with Crippen molar-refractivity contribution in [1.82, 2.24) is 10.2 Å². The van der Waals surface area contributed by atoms with Gasteiger partial charge in [-0.25, -0.2) is 0 Å². The van der Waals surface area contributed by atoms with Crippen LogP contribution in [0, 0.1) is 5.92 Å². The molecule has 25 heavy (non-hydrogen) atoms. The number of likely N-dealkylation sites (tertiary alicyclic amines) is 1. The van der Waals surface area contributed by atoms with Crippen molar-refractivity contribution in [3.63, 3.8) is 0 Å². The third kappa shape index (κ3) is 4.42. The normalized spacial score (nSPS) is 18.7. The summed E-state index contributed by atoms with van der Waals surface area (Å²) in [5.74, 6) is 1.05. The fourth-order valence-electron chi connectivity index (χ4n) is 3.13. The third-order valence-corrected chi connectivity index (χ3v) is 4.53. The van der Waals surface area contributed by atoms with Crippen LogP contribution >= 0.6 is 0 Å². The molecule has 0 bridgehead atoms. The van der Waals surface area contributed by atoms with E-state index in [2.05, 4.69) is 5.32 Å². The Labute approximate surface area is 146 Å².